The second kappa shape index (κ2) is 28.2. The van der Waals surface area contributed by atoms with E-state index >= 15 is 0 Å². The summed E-state index contributed by atoms with van der Waals surface area (Å²) in [6, 6.07) is 0. The number of hydrogen-bond acceptors (Lipinski definition) is 4. The van der Waals surface area contributed by atoms with Crippen molar-refractivity contribution in [2.24, 2.45) is 0 Å². The average Bonchev–Trinajstić information content (AvgIpc) is 2.89. The van der Waals surface area contributed by atoms with Crippen molar-refractivity contribution in [3.05, 3.63) is 0 Å². The van der Waals surface area contributed by atoms with E-state index in [1.54, 1.807) is 0 Å². The van der Waals surface area contributed by atoms with Crippen LogP contribution in [0.5, 0.6) is 0 Å². The van der Waals surface area contributed by atoms with Crippen LogP contribution in [0.3, 0.4) is 0 Å². The van der Waals surface area contributed by atoms with Gasteiger partial charge in [0.25, 0.3) is 0 Å². The van der Waals surface area contributed by atoms with Gasteiger partial charge in [0.05, 0.1) is 34.4 Å². The molecule has 0 heterocycles. The Labute approximate surface area is 245 Å². The Morgan fingerprint density at radius 2 is 0.667 bits per heavy atom. The third kappa shape index (κ3) is 30.8. The molecule has 0 N–H and O–H groups in total. The van der Waals surface area contributed by atoms with Crippen molar-refractivity contribution in [2.45, 2.75) is 168 Å². The summed E-state index contributed by atoms with van der Waals surface area (Å²) < 4.78 is 31.2. The van der Waals surface area contributed by atoms with Gasteiger partial charge in [-0.25, -0.2) is 4.57 Å². The van der Waals surface area contributed by atoms with Crippen molar-refractivity contribution < 1.29 is 22.6 Å². The minimum atomic E-state index is -3.48. The Morgan fingerprint density at radius 1 is 0.410 bits per heavy atom. The summed E-state index contributed by atoms with van der Waals surface area (Å²) in [4.78, 5) is 0. The van der Waals surface area contributed by atoms with Crippen LogP contribution < -0.4 is 0 Å². The van der Waals surface area contributed by atoms with Crippen molar-refractivity contribution >= 4 is 7.82 Å². The number of phosphoric ester groups is 1. The first-order valence-corrected chi connectivity index (χ1v) is 18.6. The first kappa shape index (κ1) is 39.1. The van der Waals surface area contributed by atoms with Crippen molar-refractivity contribution in [1.29, 1.82) is 0 Å². The topological polar surface area (TPSA) is 44.8 Å². The highest BCUT2D eigenvalue weighted by atomic mass is 31.2. The maximum absolute atomic E-state index is 13.2. The Hall–Kier alpha value is 0.0700. The highest BCUT2D eigenvalue weighted by molar-refractivity contribution is 7.48. The molecule has 5 nitrogen and oxygen atoms in total. The predicted octanol–water partition coefficient (Wildman–Crippen LogP) is 11.3. The minimum absolute atomic E-state index is 0.387. The van der Waals surface area contributed by atoms with Crippen LogP contribution in [0.25, 0.3) is 0 Å². The molecule has 0 aromatic rings. The van der Waals surface area contributed by atoms with Gasteiger partial charge in [-0.05, 0) is 12.8 Å². The lowest BCUT2D eigenvalue weighted by atomic mass is 10.1. The SMILES string of the molecule is CCCCCCCCCCCCCCOP(=O)(OCCCCCCCCCCCCCC)OCC[N+](C)(C)C. The van der Waals surface area contributed by atoms with Crippen LogP contribution in [0.1, 0.15) is 168 Å². The molecule has 236 valence electrons. The van der Waals surface area contributed by atoms with Crippen molar-refractivity contribution in [2.75, 3.05) is 47.5 Å². The molecular formula is C33H71NO4P+. The monoisotopic (exact) mass is 577 g/mol. The largest absolute Gasteiger partial charge is 0.474 e. The van der Waals surface area contributed by atoms with Crippen LogP contribution in [0.15, 0.2) is 0 Å². The third-order valence-corrected chi connectivity index (χ3v) is 9.00. The molecule has 0 atom stereocenters. The van der Waals surface area contributed by atoms with E-state index in [0.717, 1.165) is 36.7 Å². The quantitative estimate of drug-likeness (QED) is 0.0454. The number of hydrogen-bond donors (Lipinski definition) is 0. The van der Waals surface area contributed by atoms with Gasteiger partial charge >= 0.3 is 7.82 Å². The van der Waals surface area contributed by atoms with Gasteiger partial charge in [0, 0.05) is 0 Å². The molecule has 0 aliphatic carbocycles. The van der Waals surface area contributed by atoms with Crippen LogP contribution in [-0.4, -0.2) is 52.0 Å². The average molecular weight is 577 g/mol. The molecule has 0 aliphatic heterocycles. The molecule has 0 saturated heterocycles. The van der Waals surface area contributed by atoms with Gasteiger partial charge in [-0.15, -0.1) is 0 Å². The smallest absolute Gasteiger partial charge is 0.329 e. The number of unbranched alkanes of at least 4 members (excludes halogenated alkanes) is 22. The van der Waals surface area contributed by atoms with E-state index in [1.165, 1.54) is 128 Å². The van der Waals surface area contributed by atoms with Crippen LogP contribution in [0, 0.1) is 0 Å². The van der Waals surface area contributed by atoms with Crippen LogP contribution in [0.4, 0.5) is 0 Å². The number of likely N-dealkylation sites (N-methyl/N-ethyl adjacent to an activating group) is 1. The third-order valence-electron chi connectivity index (χ3n) is 7.51. The number of rotatable bonds is 32. The number of quaternary nitrogens is 1. The zero-order chi connectivity index (χ0) is 28.9. The molecule has 0 aromatic heterocycles. The summed E-state index contributed by atoms with van der Waals surface area (Å²) in [6.45, 7) is 6.62. The van der Waals surface area contributed by atoms with E-state index in [0.29, 0.717) is 19.8 Å². The van der Waals surface area contributed by atoms with E-state index in [-0.39, 0.29) is 0 Å². The Morgan fingerprint density at radius 3 is 0.949 bits per heavy atom. The van der Waals surface area contributed by atoms with E-state index in [2.05, 4.69) is 35.0 Å². The summed E-state index contributed by atoms with van der Waals surface area (Å²) in [6.07, 6.45) is 31.1. The van der Waals surface area contributed by atoms with Gasteiger partial charge in [-0.1, -0.05) is 155 Å². The lowest BCUT2D eigenvalue weighted by Crippen LogP contribution is -2.37. The fraction of sp³-hybridized carbons (Fsp3) is 1.00. The standard InChI is InChI=1S/C33H71NO4P/c1-6-8-10-12-14-16-18-20-22-24-26-28-31-36-39(35,38-33-30-34(3,4)5)37-32-29-27-25-23-21-19-17-15-13-11-9-7-2/h6-33H2,1-5H3/q+1. The normalized spacial score (nSPS) is 12.4. The summed E-state index contributed by atoms with van der Waals surface area (Å²) in [5.74, 6) is 0. The fourth-order valence-electron chi connectivity index (χ4n) is 4.78. The summed E-state index contributed by atoms with van der Waals surface area (Å²) in [7, 11) is 2.84. The van der Waals surface area contributed by atoms with Gasteiger partial charge in [0.1, 0.15) is 13.2 Å². The summed E-state index contributed by atoms with van der Waals surface area (Å²) in [5, 5.41) is 0. The van der Waals surface area contributed by atoms with Crippen molar-refractivity contribution in [3.8, 4) is 0 Å². The van der Waals surface area contributed by atoms with Crippen molar-refractivity contribution in [3.63, 3.8) is 0 Å². The molecule has 39 heavy (non-hydrogen) atoms. The van der Waals surface area contributed by atoms with E-state index in [4.69, 9.17) is 13.6 Å². The molecule has 0 aromatic carbocycles. The molecule has 0 radical (unpaired) electrons. The first-order chi connectivity index (χ1) is 18.8. The maximum atomic E-state index is 13.2. The molecule has 0 spiro atoms. The van der Waals surface area contributed by atoms with Crippen LogP contribution >= 0.6 is 7.82 Å². The highest BCUT2D eigenvalue weighted by Crippen LogP contribution is 2.49. The summed E-state index contributed by atoms with van der Waals surface area (Å²) >= 11 is 0. The number of phosphoric acid groups is 1. The molecular weight excluding hydrogens is 505 g/mol. The van der Waals surface area contributed by atoms with Crippen LogP contribution in [-0.2, 0) is 18.1 Å². The van der Waals surface area contributed by atoms with E-state index in [1.807, 2.05) is 0 Å². The second-order valence-corrected chi connectivity index (χ2v) is 14.4. The lowest BCUT2D eigenvalue weighted by molar-refractivity contribution is -0.870. The molecule has 0 amide bonds. The summed E-state index contributed by atoms with van der Waals surface area (Å²) in [5.41, 5.74) is 0. The Kier molecular flexibility index (Phi) is 28.3. The van der Waals surface area contributed by atoms with Crippen LogP contribution in [0.2, 0.25) is 0 Å². The van der Waals surface area contributed by atoms with Gasteiger partial charge in [0.15, 0.2) is 0 Å². The van der Waals surface area contributed by atoms with E-state index in [9.17, 15) is 4.57 Å². The first-order valence-electron chi connectivity index (χ1n) is 17.2. The molecule has 6 heteroatoms. The zero-order valence-corrected chi connectivity index (χ0v) is 28.2. The lowest BCUT2D eigenvalue weighted by Gasteiger charge is -2.25. The molecule has 0 bridgehead atoms. The molecule has 0 fully saturated rings. The van der Waals surface area contributed by atoms with Gasteiger partial charge < -0.3 is 4.48 Å². The molecule has 0 saturated carbocycles. The molecule has 0 unspecified atom stereocenters. The Balaban J connectivity index is 3.93. The minimum Gasteiger partial charge on any atom is -0.329 e. The van der Waals surface area contributed by atoms with Gasteiger partial charge in [-0.2, -0.15) is 0 Å². The fourth-order valence-corrected chi connectivity index (χ4v) is 6.01. The van der Waals surface area contributed by atoms with Gasteiger partial charge in [0.2, 0.25) is 0 Å². The Bertz CT molecular complexity index is 504. The van der Waals surface area contributed by atoms with Gasteiger partial charge in [-0.3, -0.25) is 13.6 Å². The zero-order valence-electron chi connectivity index (χ0n) is 27.3. The second-order valence-electron chi connectivity index (χ2n) is 12.7. The molecule has 0 aliphatic rings. The highest BCUT2D eigenvalue weighted by Gasteiger charge is 2.27. The number of nitrogens with zero attached hydrogens (tertiary/aromatic N) is 1. The van der Waals surface area contributed by atoms with Crippen molar-refractivity contribution in [1.82, 2.24) is 0 Å². The molecule has 0 rings (SSSR count). The van der Waals surface area contributed by atoms with E-state index < -0.39 is 7.82 Å². The predicted molar refractivity (Wildman–Crippen MR) is 171 cm³/mol. The maximum Gasteiger partial charge on any atom is 0.474 e.